The van der Waals surface area contributed by atoms with Gasteiger partial charge in [-0.3, -0.25) is 4.79 Å². The van der Waals surface area contributed by atoms with Crippen LogP contribution in [0, 0.1) is 0 Å². The molecule has 0 aliphatic heterocycles. The second-order valence-electron chi connectivity index (χ2n) is 2.37. The summed E-state index contributed by atoms with van der Waals surface area (Å²) in [5.41, 5.74) is 4.25. The number of halogens is 4. The second kappa shape index (κ2) is 4.18. The summed E-state index contributed by atoms with van der Waals surface area (Å²) in [5, 5.41) is -0.927. The number of anilines is 1. The van der Waals surface area contributed by atoms with Gasteiger partial charge in [-0.25, -0.2) is 13.8 Å². The quantitative estimate of drug-likeness (QED) is 0.671. The number of carbonyl (C=O) groups is 1. The molecular weight excluding hydrogens is 281 g/mol. The number of hydrogen-bond donors (Lipinski definition) is 1. The molecule has 2 N–H and O–H groups in total. The summed E-state index contributed by atoms with van der Waals surface area (Å²) in [5.74, 6) is 0. The van der Waals surface area contributed by atoms with Gasteiger partial charge in [0.25, 0.3) is 11.7 Å². The molecule has 0 atom stereocenters. The van der Waals surface area contributed by atoms with Crippen molar-refractivity contribution in [2.75, 3.05) is 5.73 Å². The van der Waals surface area contributed by atoms with Crippen LogP contribution in [0.4, 0.5) is 14.5 Å². The Bertz CT molecular complexity index is 386. The molecule has 0 radical (unpaired) electrons. The Morgan fingerprint density at radius 3 is 2.64 bits per heavy atom. The van der Waals surface area contributed by atoms with Crippen molar-refractivity contribution in [3.05, 3.63) is 21.9 Å². The van der Waals surface area contributed by atoms with Gasteiger partial charge >= 0.3 is 0 Å². The molecule has 0 saturated heterocycles. The van der Waals surface area contributed by atoms with Crippen molar-refractivity contribution < 1.29 is 13.6 Å². The van der Waals surface area contributed by atoms with Gasteiger partial charge in [-0.2, -0.15) is 0 Å². The molecular formula is C7H4BrClF2N2O. The monoisotopic (exact) mass is 284 g/mol. The van der Waals surface area contributed by atoms with Crippen LogP contribution in [-0.4, -0.2) is 10.2 Å². The highest BCUT2D eigenvalue weighted by Crippen LogP contribution is 2.31. The van der Waals surface area contributed by atoms with Crippen molar-refractivity contribution in [1.82, 2.24) is 4.98 Å². The predicted octanol–water partition coefficient (Wildman–Crippen LogP) is 2.74. The molecule has 76 valence electrons. The maximum Gasteiger partial charge on any atom is 0.267 e. The van der Waals surface area contributed by atoms with E-state index in [9.17, 15) is 13.6 Å². The van der Waals surface area contributed by atoms with E-state index in [-0.39, 0.29) is 15.9 Å². The van der Waals surface area contributed by atoms with Crippen LogP contribution in [0.15, 0.2) is 10.8 Å². The fraction of sp³-hybridized carbons (Fsp3) is 0.143. The minimum Gasteiger partial charge on any atom is -0.398 e. The Morgan fingerprint density at radius 1 is 1.64 bits per heavy atom. The molecule has 3 nitrogen and oxygen atoms in total. The molecule has 0 bridgehead atoms. The third-order valence-electron chi connectivity index (χ3n) is 1.54. The van der Waals surface area contributed by atoms with Crippen molar-refractivity contribution in [3.8, 4) is 0 Å². The Hall–Kier alpha value is -0.750. The van der Waals surface area contributed by atoms with Crippen molar-refractivity contribution in [2.24, 2.45) is 0 Å². The van der Waals surface area contributed by atoms with Gasteiger partial charge in [0.1, 0.15) is 4.60 Å². The number of nitrogens with zero attached hydrogens (tertiary/aromatic N) is 1. The van der Waals surface area contributed by atoms with Gasteiger partial charge in [-0.05, 0) is 27.5 Å². The summed E-state index contributed by atoms with van der Waals surface area (Å²) in [6, 6.07) is 0. The molecule has 0 aliphatic rings. The number of nitrogens with two attached hydrogens (primary N) is 1. The number of nitrogen functional groups attached to an aromatic ring is 1. The van der Waals surface area contributed by atoms with Crippen LogP contribution in [0.25, 0.3) is 0 Å². The molecule has 7 heteroatoms. The largest absolute Gasteiger partial charge is 0.398 e. The van der Waals surface area contributed by atoms with Crippen molar-refractivity contribution in [2.45, 2.75) is 6.43 Å². The van der Waals surface area contributed by atoms with Gasteiger partial charge in [0.05, 0.1) is 16.8 Å². The molecule has 1 aromatic rings. The maximum absolute atomic E-state index is 12.3. The highest BCUT2D eigenvalue weighted by Gasteiger charge is 2.20. The zero-order valence-corrected chi connectivity index (χ0v) is 8.94. The Labute approximate surface area is 91.4 Å². The van der Waals surface area contributed by atoms with Gasteiger partial charge < -0.3 is 5.73 Å². The molecule has 0 amide bonds. The van der Waals surface area contributed by atoms with Crippen molar-refractivity contribution in [1.29, 1.82) is 0 Å². The molecule has 0 spiro atoms. The second-order valence-corrected chi connectivity index (χ2v) is 3.46. The molecule has 1 rings (SSSR count). The Morgan fingerprint density at radius 2 is 2.21 bits per heavy atom. The molecule has 1 heterocycles. The van der Waals surface area contributed by atoms with Gasteiger partial charge in [-0.1, -0.05) is 0 Å². The van der Waals surface area contributed by atoms with Crippen LogP contribution < -0.4 is 5.73 Å². The van der Waals surface area contributed by atoms with Crippen molar-refractivity contribution in [3.63, 3.8) is 0 Å². The number of pyridine rings is 1. The predicted molar refractivity (Wildman–Crippen MR) is 51.5 cm³/mol. The average Bonchev–Trinajstić information content (AvgIpc) is 2.02. The SMILES string of the molecule is Nc1c(C(F)F)cnc(Br)c1C(=O)Cl. The van der Waals surface area contributed by atoms with Crippen LogP contribution in [-0.2, 0) is 0 Å². The van der Waals surface area contributed by atoms with E-state index in [1.807, 2.05) is 0 Å². The van der Waals surface area contributed by atoms with Gasteiger partial charge in [-0.15, -0.1) is 0 Å². The summed E-state index contributed by atoms with van der Waals surface area (Å²) in [7, 11) is 0. The van der Waals surface area contributed by atoms with Crippen LogP contribution >= 0.6 is 27.5 Å². The van der Waals surface area contributed by atoms with Crippen LogP contribution in [0.1, 0.15) is 22.3 Å². The van der Waals surface area contributed by atoms with E-state index in [0.29, 0.717) is 0 Å². The number of rotatable bonds is 2. The molecule has 0 saturated carbocycles. The minimum atomic E-state index is -2.79. The highest BCUT2D eigenvalue weighted by molar-refractivity contribution is 9.10. The van der Waals surface area contributed by atoms with Gasteiger partial charge in [0.2, 0.25) is 0 Å². The molecule has 0 fully saturated rings. The zero-order valence-electron chi connectivity index (χ0n) is 6.60. The third-order valence-corrected chi connectivity index (χ3v) is 2.33. The normalized spacial score (nSPS) is 10.6. The summed E-state index contributed by atoms with van der Waals surface area (Å²) in [4.78, 5) is 14.4. The molecule has 14 heavy (non-hydrogen) atoms. The number of alkyl halides is 2. The van der Waals surface area contributed by atoms with Crippen LogP contribution in [0.2, 0.25) is 0 Å². The standard InChI is InChI=1S/C7H4BrClF2N2O/c8-5-3(6(9)14)4(12)2(1-13-5)7(10)11/h1,7H,(H2,12,13). The van der Waals surface area contributed by atoms with E-state index >= 15 is 0 Å². The van der Waals surface area contributed by atoms with Crippen LogP contribution in [0.5, 0.6) is 0 Å². The lowest BCUT2D eigenvalue weighted by molar-refractivity contribution is 0.108. The molecule has 1 aromatic heterocycles. The first-order valence-corrected chi connectivity index (χ1v) is 4.54. The third kappa shape index (κ3) is 2.01. The highest BCUT2D eigenvalue weighted by atomic mass is 79.9. The van der Waals surface area contributed by atoms with E-state index in [4.69, 9.17) is 17.3 Å². The molecule has 0 unspecified atom stereocenters. The van der Waals surface area contributed by atoms with Crippen LogP contribution in [0.3, 0.4) is 0 Å². The Balaban J connectivity index is 3.41. The average molecular weight is 285 g/mol. The number of hydrogen-bond acceptors (Lipinski definition) is 3. The van der Waals surface area contributed by atoms with E-state index < -0.39 is 17.2 Å². The van der Waals surface area contributed by atoms with E-state index in [1.165, 1.54) is 0 Å². The number of carbonyl (C=O) groups excluding carboxylic acids is 1. The Kier molecular flexibility index (Phi) is 3.38. The molecule has 0 aliphatic carbocycles. The molecule has 0 aromatic carbocycles. The first-order valence-electron chi connectivity index (χ1n) is 3.37. The zero-order chi connectivity index (χ0) is 10.9. The lowest BCUT2D eigenvalue weighted by atomic mass is 10.1. The van der Waals surface area contributed by atoms with Gasteiger partial charge in [0, 0.05) is 6.20 Å². The van der Waals surface area contributed by atoms with Crippen molar-refractivity contribution >= 4 is 38.5 Å². The maximum atomic E-state index is 12.3. The van der Waals surface area contributed by atoms with E-state index in [0.717, 1.165) is 6.20 Å². The lowest BCUT2D eigenvalue weighted by Crippen LogP contribution is -2.05. The first kappa shape index (κ1) is 11.3. The van der Waals surface area contributed by atoms with E-state index in [2.05, 4.69) is 20.9 Å². The first-order chi connectivity index (χ1) is 6.45. The number of aromatic nitrogens is 1. The summed E-state index contributed by atoms with van der Waals surface area (Å²) in [6.07, 6.45) is -1.89. The lowest BCUT2D eigenvalue weighted by Gasteiger charge is -2.08. The topological polar surface area (TPSA) is 56.0 Å². The summed E-state index contributed by atoms with van der Waals surface area (Å²) >= 11 is 8.05. The van der Waals surface area contributed by atoms with E-state index in [1.54, 1.807) is 0 Å². The summed E-state index contributed by atoms with van der Waals surface area (Å²) in [6.45, 7) is 0. The minimum absolute atomic E-state index is 0.0550. The smallest absolute Gasteiger partial charge is 0.267 e. The fourth-order valence-electron chi connectivity index (χ4n) is 0.877. The fourth-order valence-corrected chi connectivity index (χ4v) is 1.68. The summed E-state index contributed by atoms with van der Waals surface area (Å²) < 4.78 is 24.7. The van der Waals surface area contributed by atoms with Gasteiger partial charge in [0.15, 0.2) is 0 Å².